The van der Waals surface area contributed by atoms with E-state index in [4.69, 9.17) is 0 Å². The Balaban J connectivity index is 1.64. The van der Waals surface area contributed by atoms with E-state index in [-0.39, 0.29) is 11.8 Å². The number of nitrogens with one attached hydrogen (secondary N) is 3. The van der Waals surface area contributed by atoms with E-state index in [2.05, 4.69) is 20.8 Å². The number of H-pyrrole nitrogens is 1. The lowest BCUT2D eigenvalue weighted by molar-refractivity contribution is -0.125. The van der Waals surface area contributed by atoms with E-state index in [0.717, 1.165) is 42.5 Å². The molecule has 19 heavy (non-hydrogen) atoms. The number of aromatic amines is 1. The maximum absolute atomic E-state index is 12.0. The molecule has 1 aliphatic heterocycles. The third-order valence-electron chi connectivity index (χ3n) is 3.65. The predicted octanol–water partition coefficient (Wildman–Crippen LogP) is 1.18. The van der Waals surface area contributed by atoms with Crippen molar-refractivity contribution in [1.29, 1.82) is 0 Å². The van der Waals surface area contributed by atoms with Gasteiger partial charge in [-0.25, -0.2) is 0 Å². The van der Waals surface area contributed by atoms with Crippen molar-refractivity contribution in [1.82, 2.24) is 20.8 Å². The number of benzene rings is 1. The van der Waals surface area contributed by atoms with Gasteiger partial charge < -0.3 is 10.6 Å². The second-order valence-electron chi connectivity index (χ2n) is 4.98. The quantitative estimate of drug-likeness (QED) is 0.774. The van der Waals surface area contributed by atoms with E-state index < -0.39 is 0 Å². The first-order valence-corrected chi connectivity index (χ1v) is 6.75. The molecule has 1 fully saturated rings. The van der Waals surface area contributed by atoms with Crippen molar-refractivity contribution in [2.45, 2.75) is 19.4 Å². The lowest BCUT2D eigenvalue weighted by atomic mass is 9.99. The SMILES string of the molecule is O=C(NCc1[nH]nc2ccccc12)C1CCCNC1. The molecule has 0 spiro atoms. The zero-order valence-corrected chi connectivity index (χ0v) is 10.8. The Bertz CT molecular complexity index is 572. The molecule has 1 atom stereocenters. The molecule has 0 bridgehead atoms. The molecule has 0 saturated carbocycles. The number of carbonyl (C=O) groups excluding carboxylic acids is 1. The van der Waals surface area contributed by atoms with Gasteiger partial charge in [0, 0.05) is 11.9 Å². The van der Waals surface area contributed by atoms with Crippen molar-refractivity contribution in [3.8, 4) is 0 Å². The van der Waals surface area contributed by atoms with Crippen LogP contribution in [0.25, 0.3) is 10.9 Å². The van der Waals surface area contributed by atoms with Gasteiger partial charge in [0.15, 0.2) is 0 Å². The van der Waals surface area contributed by atoms with Gasteiger partial charge in [0.2, 0.25) is 5.91 Å². The lowest BCUT2D eigenvalue weighted by Gasteiger charge is -2.21. The third-order valence-corrected chi connectivity index (χ3v) is 3.65. The summed E-state index contributed by atoms with van der Waals surface area (Å²) >= 11 is 0. The molecule has 0 aliphatic carbocycles. The average Bonchev–Trinajstić information content (AvgIpc) is 2.89. The van der Waals surface area contributed by atoms with Crippen LogP contribution in [-0.2, 0) is 11.3 Å². The minimum Gasteiger partial charge on any atom is -0.350 e. The van der Waals surface area contributed by atoms with Crippen molar-refractivity contribution >= 4 is 16.8 Å². The highest BCUT2D eigenvalue weighted by atomic mass is 16.1. The first-order chi connectivity index (χ1) is 9.34. The van der Waals surface area contributed by atoms with Crippen molar-refractivity contribution in [2.24, 2.45) is 5.92 Å². The van der Waals surface area contributed by atoms with Crippen LogP contribution in [0.2, 0.25) is 0 Å². The van der Waals surface area contributed by atoms with E-state index in [9.17, 15) is 4.79 Å². The minimum atomic E-state index is 0.0999. The average molecular weight is 258 g/mol. The van der Waals surface area contributed by atoms with Crippen LogP contribution >= 0.6 is 0 Å². The Morgan fingerprint density at radius 3 is 3.16 bits per heavy atom. The number of nitrogens with zero attached hydrogens (tertiary/aromatic N) is 1. The highest BCUT2D eigenvalue weighted by Crippen LogP contribution is 2.15. The Hall–Kier alpha value is -1.88. The van der Waals surface area contributed by atoms with E-state index in [1.54, 1.807) is 0 Å². The fraction of sp³-hybridized carbons (Fsp3) is 0.429. The smallest absolute Gasteiger partial charge is 0.224 e. The Labute approximate surface area is 111 Å². The second kappa shape index (κ2) is 5.40. The summed E-state index contributed by atoms with van der Waals surface area (Å²) in [6.45, 7) is 2.32. The number of amides is 1. The standard InChI is InChI=1S/C14H18N4O/c19-14(10-4-3-7-15-8-10)16-9-13-11-5-1-2-6-12(11)17-18-13/h1-2,5-6,10,15H,3-4,7-9H2,(H,16,19)(H,17,18). The van der Waals surface area contributed by atoms with Crippen LogP contribution < -0.4 is 10.6 Å². The number of carbonyl (C=O) groups is 1. The summed E-state index contributed by atoms with van der Waals surface area (Å²) in [5.74, 6) is 0.230. The summed E-state index contributed by atoms with van der Waals surface area (Å²) in [5, 5.41) is 14.5. The summed E-state index contributed by atoms with van der Waals surface area (Å²) in [6, 6.07) is 7.91. The molecule has 0 radical (unpaired) electrons. The van der Waals surface area contributed by atoms with Crippen LogP contribution in [0.1, 0.15) is 18.5 Å². The van der Waals surface area contributed by atoms with E-state index in [1.807, 2.05) is 24.3 Å². The fourth-order valence-corrected chi connectivity index (χ4v) is 2.54. The number of piperidine rings is 1. The molecule has 2 heterocycles. The van der Waals surface area contributed by atoms with Crippen LogP contribution in [0.3, 0.4) is 0 Å². The van der Waals surface area contributed by atoms with Gasteiger partial charge in [0.05, 0.1) is 23.7 Å². The molecule has 1 aromatic carbocycles. The van der Waals surface area contributed by atoms with Gasteiger partial charge in [-0.1, -0.05) is 18.2 Å². The number of fused-ring (bicyclic) bond motifs is 1. The summed E-state index contributed by atoms with van der Waals surface area (Å²) < 4.78 is 0. The highest BCUT2D eigenvalue weighted by molar-refractivity contribution is 5.82. The van der Waals surface area contributed by atoms with E-state index >= 15 is 0 Å². The molecule has 3 N–H and O–H groups in total. The zero-order valence-electron chi connectivity index (χ0n) is 10.8. The monoisotopic (exact) mass is 258 g/mol. The van der Waals surface area contributed by atoms with Gasteiger partial charge in [-0.3, -0.25) is 9.89 Å². The van der Waals surface area contributed by atoms with Gasteiger partial charge >= 0.3 is 0 Å². The van der Waals surface area contributed by atoms with Crippen LogP contribution in [0.5, 0.6) is 0 Å². The normalized spacial score (nSPS) is 19.5. The van der Waals surface area contributed by atoms with Crippen molar-refractivity contribution in [3.63, 3.8) is 0 Å². The summed E-state index contributed by atoms with van der Waals surface area (Å²) in [4.78, 5) is 12.0. The van der Waals surface area contributed by atoms with E-state index in [1.165, 1.54) is 0 Å². The summed E-state index contributed by atoms with van der Waals surface area (Å²) in [5.41, 5.74) is 1.90. The topological polar surface area (TPSA) is 69.8 Å². The first-order valence-electron chi connectivity index (χ1n) is 6.75. The minimum absolute atomic E-state index is 0.0999. The largest absolute Gasteiger partial charge is 0.350 e. The Morgan fingerprint density at radius 2 is 2.32 bits per heavy atom. The molecule has 1 unspecified atom stereocenters. The predicted molar refractivity (Wildman–Crippen MR) is 73.5 cm³/mol. The van der Waals surface area contributed by atoms with Crippen molar-refractivity contribution in [3.05, 3.63) is 30.0 Å². The zero-order chi connectivity index (χ0) is 13.1. The summed E-state index contributed by atoms with van der Waals surface area (Å²) in [6.07, 6.45) is 2.05. The van der Waals surface area contributed by atoms with Gasteiger partial charge in [-0.05, 0) is 25.5 Å². The molecule has 2 aromatic rings. The summed E-state index contributed by atoms with van der Waals surface area (Å²) in [7, 11) is 0. The Morgan fingerprint density at radius 1 is 1.42 bits per heavy atom. The highest BCUT2D eigenvalue weighted by Gasteiger charge is 2.20. The maximum Gasteiger partial charge on any atom is 0.224 e. The molecule has 100 valence electrons. The number of rotatable bonds is 3. The molecule has 5 heteroatoms. The molecule has 3 rings (SSSR count). The molecule has 1 amide bonds. The van der Waals surface area contributed by atoms with Crippen molar-refractivity contribution < 1.29 is 4.79 Å². The van der Waals surface area contributed by atoms with Crippen LogP contribution in [-0.4, -0.2) is 29.2 Å². The number of aromatic nitrogens is 2. The number of para-hydroxylation sites is 1. The lowest BCUT2D eigenvalue weighted by Crippen LogP contribution is -2.40. The van der Waals surface area contributed by atoms with Crippen LogP contribution in [0.15, 0.2) is 24.3 Å². The van der Waals surface area contributed by atoms with Crippen molar-refractivity contribution in [2.75, 3.05) is 13.1 Å². The van der Waals surface area contributed by atoms with Gasteiger partial charge in [-0.2, -0.15) is 5.10 Å². The third kappa shape index (κ3) is 2.61. The maximum atomic E-state index is 12.0. The van der Waals surface area contributed by atoms with Gasteiger partial charge in [0.1, 0.15) is 0 Å². The first kappa shape index (κ1) is 12.2. The van der Waals surface area contributed by atoms with Gasteiger partial charge in [0.25, 0.3) is 0 Å². The Kier molecular flexibility index (Phi) is 3.46. The molecule has 1 saturated heterocycles. The molecule has 1 aliphatic rings. The molecule has 5 nitrogen and oxygen atoms in total. The van der Waals surface area contributed by atoms with Crippen LogP contribution in [0, 0.1) is 5.92 Å². The molecular formula is C14H18N4O. The van der Waals surface area contributed by atoms with Crippen LogP contribution in [0.4, 0.5) is 0 Å². The van der Waals surface area contributed by atoms with Gasteiger partial charge in [-0.15, -0.1) is 0 Å². The number of hydrogen-bond acceptors (Lipinski definition) is 3. The molecular weight excluding hydrogens is 240 g/mol. The molecule has 1 aromatic heterocycles. The van der Waals surface area contributed by atoms with E-state index in [0.29, 0.717) is 6.54 Å². The second-order valence-corrected chi connectivity index (χ2v) is 4.98. The fourth-order valence-electron chi connectivity index (χ4n) is 2.54. The number of hydrogen-bond donors (Lipinski definition) is 3.